The maximum Gasteiger partial charge on any atom is 0.120 e. The number of halogens is 1. The van der Waals surface area contributed by atoms with E-state index in [0.717, 1.165) is 56.5 Å². The third-order valence-electron chi connectivity index (χ3n) is 2.89. The molecular weight excluding hydrogens is 236 g/mol. The van der Waals surface area contributed by atoms with Crippen molar-refractivity contribution in [2.75, 3.05) is 39.3 Å². The molecule has 94 valence electrons. The molecule has 1 aliphatic heterocycles. The first-order valence-corrected chi connectivity index (χ1v) is 6.54. The zero-order valence-electron chi connectivity index (χ0n) is 9.99. The van der Waals surface area contributed by atoms with Gasteiger partial charge < -0.3 is 15.0 Å². The fourth-order valence-corrected chi connectivity index (χ4v) is 2.15. The summed E-state index contributed by atoms with van der Waals surface area (Å²) in [5, 5.41) is 4.08. The van der Waals surface area contributed by atoms with Crippen molar-refractivity contribution < 1.29 is 4.74 Å². The zero-order valence-corrected chi connectivity index (χ0v) is 10.7. The van der Waals surface area contributed by atoms with Gasteiger partial charge in [-0.2, -0.15) is 0 Å². The van der Waals surface area contributed by atoms with Gasteiger partial charge in [0.25, 0.3) is 0 Å². The van der Waals surface area contributed by atoms with Crippen LogP contribution < -0.4 is 10.1 Å². The number of benzene rings is 1. The maximum absolute atomic E-state index is 5.88. The Balaban J connectivity index is 1.62. The van der Waals surface area contributed by atoms with Gasteiger partial charge in [-0.25, -0.2) is 0 Å². The van der Waals surface area contributed by atoms with Crippen LogP contribution >= 0.6 is 11.6 Å². The largest absolute Gasteiger partial charge is 0.493 e. The van der Waals surface area contributed by atoms with Crippen LogP contribution in [0.25, 0.3) is 0 Å². The van der Waals surface area contributed by atoms with Gasteiger partial charge in [0, 0.05) is 37.7 Å². The van der Waals surface area contributed by atoms with E-state index < -0.39 is 0 Å². The molecule has 0 saturated carbocycles. The molecule has 0 atom stereocenters. The highest BCUT2D eigenvalue weighted by Crippen LogP contribution is 2.17. The minimum atomic E-state index is 0.726. The second-order valence-corrected chi connectivity index (χ2v) is 4.69. The molecule has 0 aromatic heterocycles. The number of ether oxygens (including phenoxy) is 1. The summed E-state index contributed by atoms with van der Waals surface area (Å²) in [6.07, 6.45) is 1.06. The first kappa shape index (κ1) is 12.7. The van der Waals surface area contributed by atoms with Crippen LogP contribution in [0.5, 0.6) is 5.75 Å². The monoisotopic (exact) mass is 254 g/mol. The summed E-state index contributed by atoms with van der Waals surface area (Å²) in [7, 11) is 0. The van der Waals surface area contributed by atoms with Crippen LogP contribution in [0, 0.1) is 0 Å². The molecule has 0 aliphatic carbocycles. The molecule has 4 heteroatoms. The van der Waals surface area contributed by atoms with Crippen LogP contribution in [0.2, 0.25) is 5.02 Å². The van der Waals surface area contributed by atoms with Crippen LogP contribution in [0.3, 0.4) is 0 Å². The highest BCUT2D eigenvalue weighted by Gasteiger charge is 2.08. The Labute approximate surface area is 108 Å². The molecule has 1 N–H and O–H groups in total. The fraction of sp³-hybridized carbons (Fsp3) is 0.538. The summed E-state index contributed by atoms with van der Waals surface area (Å²) >= 11 is 5.88. The highest BCUT2D eigenvalue weighted by molar-refractivity contribution is 6.30. The van der Waals surface area contributed by atoms with Crippen LogP contribution in [-0.2, 0) is 0 Å². The molecule has 0 amide bonds. The molecule has 1 aliphatic rings. The van der Waals surface area contributed by atoms with Gasteiger partial charge in [-0.3, -0.25) is 0 Å². The maximum atomic E-state index is 5.88. The Bertz CT molecular complexity index is 340. The molecule has 1 aromatic rings. The summed E-state index contributed by atoms with van der Waals surface area (Å²) in [6.45, 7) is 6.38. The van der Waals surface area contributed by atoms with E-state index in [-0.39, 0.29) is 0 Å². The smallest absolute Gasteiger partial charge is 0.120 e. The molecule has 1 fully saturated rings. The van der Waals surface area contributed by atoms with Gasteiger partial charge in [-0.1, -0.05) is 17.7 Å². The molecule has 0 radical (unpaired) electrons. The zero-order chi connectivity index (χ0) is 11.9. The van der Waals surface area contributed by atoms with Gasteiger partial charge in [-0.15, -0.1) is 0 Å². The molecule has 1 saturated heterocycles. The molecule has 0 bridgehead atoms. The standard InChI is InChI=1S/C13H19ClN2O/c14-12-3-1-4-13(11-12)17-10-2-7-16-8-5-15-6-9-16/h1,3-4,11,15H,2,5-10H2. The number of hydrogen-bond donors (Lipinski definition) is 1. The topological polar surface area (TPSA) is 24.5 Å². The lowest BCUT2D eigenvalue weighted by atomic mass is 10.3. The number of hydrogen-bond acceptors (Lipinski definition) is 3. The number of nitrogens with zero attached hydrogens (tertiary/aromatic N) is 1. The van der Waals surface area contributed by atoms with E-state index in [2.05, 4.69) is 10.2 Å². The molecule has 0 spiro atoms. The van der Waals surface area contributed by atoms with E-state index in [1.807, 2.05) is 24.3 Å². The van der Waals surface area contributed by atoms with E-state index in [1.54, 1.807) is 0 Å². The van der Waals surface area contributed by atoms with Gasteiger partial charge in [-0.05, 0) is 24.6 Å². The minimum Gasteiger partial charge on any atom is -0.493 e. The Hall–Kier alpha value is -0.770. The summed E-state index contributed by atoms with van der Waals surface area (Å²) in [5.74, 6) is 0.859. The van der Waals surface area contributed by atoms with Crippen molar-refractivity contribution in [3.63, 3.8) is 0 Å². The number of nitrogens with one attached hydrogen (secondary N) is 1. The second-order valence-electron chi connectivity index (χ2n) is 4.25. The second kappa shape index (κ2) is 6.84. The lowest BCUT2D eigenvalue weighted by Gasteiger charge is -2.26. The van der Waals surface area contributed by atoms with E-state index in [0.29, 0.717) is 0 Å². The van der Waals surface area contributed by atoms with Crippen molar-refractivity contribution in [2.24, 2.45) is 0 Å². The first-order valence-electron chi connectivity index (χ1n) is 6.16. The van der Waals surface area contributed by atoms with Crippen molar-refractivity contribution >= 4 is 11.6 Å². The third kappa shape index (κ3) is 4.54. The van der Waals surface area contributed by atoms with Crippen LogP contribution in [0.15, 0.2) is 24.3 Å². The minimum absolute atomic E-state index is 0.726. The van der Waals surface area contributed by atoms with E-state index in [4.69, 9.17) is 16.3 Å². The molecule has 1 aromatic carbocycles. The van der Waals surface area contributed by atoms with E-state index in [1.165, 1.54) is 0 Å². The van der Waals surface area contributed by atoms with Crippen LogP contribution in [0.4, 0.5) is 0 Å². The highest BCUT2D eigenvalue weighted by atomic mass is 35.5. The quantitative estimate of drug-likeness (QED) is 0.814. The van der Waals surface area contributed by atoms with Crippen molar-refractivity contribution in [3.8, 4) is 5.75 Å². The Morgan fingerprint density at radius 3 is 2.88 bits per heavy atom. The molecule has 3 nitrogen and oxygen atoms in total. The van der Waals surface area contributed by atoms with Crippen LogP contribution in [-0.4, -0.2) is 44.2 Å². The molecule has 17 heavy (non-hydrogen) atoms. The SMILES string of the molecule is Clc1cccc(OCCCN2CCNCC2)c1. The predicted molar refractivity (Wildman–Crippen MR) is 70.9 cm³/mol. The summed E-state index contributed by atoms with van der Waals surface area (Å²) < 4.78 is 5.65. The van der Waals surface area contributed by atoms with Gasteiger partial charge in [0.2, 0.25) is 0 Å². The number of piperazine rings is 1. The van der Waals surface area contributed by atoms with Gasteiger partial charge >= 0.3 is 0 Å². The summed E-state index contributed by atoms with van der Waals surface area (Å²) in [4.78, 5) is 2.47. The Morgan fingerprint density at radius 1 is 1.29 bits per heavy atom. The average molecular weight is 255 g/mol. The molecule has 0 unspecified atom stereocenters. The molecular formula is C13H19ClN2O. The van der Waals surface area contributed by atoms with Gasteiger partial charge in [0.15, 0.2) is 0 Å². The summed E-state index contributed by atoms with van der Waals surface area (Å²) in [6, 6.07) is 7.56. The Kier molecular flexibility index (Phi) is 5.10. The first-order chi connectivity index (χ1) is 8.34. The van der Waals surface area contributed by atoms with E-state index >= 15 is 0 Å². The summed E-state index contributed by atoms with van der Waals surface area (Å²) in [5.41, 5.74) is 0. The van der Waals surface area contributed by atoms with E-state index in [9.17, 15) is 0 Å². The lowest BCUT2D eigenvalue weighted by molar-refractivity contribution is 0.214. The van der Waals surface area contributed by atoms with Gasteiger partial charge in [0.05, 0.1) is 6.61 Å². The van der Waals surface area contributed by atoms with Gasteiger partial charge in [0.1, 0.15) is 5.75 Å². The average Bonchev–Trinajstić information content (AvgIpc) is 2.36. The van der Waals surface area contributed by atoms with Crippen molar-refractivity contribution in [3.05, 3.63) is 29.3 Å². The molecule has 2 rings (SSSR count). The van der Waals surface area contributed by atoms with Crippen molar-refractivity contribution in [1.82, 2.24) is 10.2 Å². The predicted octanol–water partition coefficient (Wildman–Crippen LogP) is 2.01. The fourth-order valence-electron chi connectivity index (χ4n) is 1.97. The van der Waals surface area contributed by atoms with Crippen molar-refractivity contribution in [2.45, 2.75) is 6.42 Å². The normalized spacial score (nSPS) is 17.0. The Morgan fingerprint density at radius 2 is 2.12 bits per heavy atom. The lowest BCUT2D eigenvalue weighted by Crippen LogP contribution is -2.43. The third-order valence-corrected chi connectivity index (χ3v) is 3.13. The molecule has 1 heterocycles. The van der Waals surface area contributed by atoms with Crippen LogP contribution in [0.1, 0.15) is 6.42 Å². The number of rotatable bonds is 5. The van der Waals surface area contributed by atoms with Crippen molar-refractivity contribution in [1.29, 1.82) is 0 Å².